The van der Waals surface area contributed by atoms with Crippen LogP contribution in [0.25, 0.3) is 0 Å². The van der Waals surface area contributed by atoms with Gasteiger partial charge >= 0.3 is 0 Å². The summed E-state index contributed by atoms with van der Waals surface area (Å²) < 4.78 is 0. The van der Waals surface area contributed by atoms with Crippen molar-refractivity contribution in [3.8, 4) is 0 Å². The topological polar surface area (TPSA) is 20.2 Å². The third-order valence-corrected chi connectivity index (χ3v) is 2.85. The van der Waals surface area contributed by atoms with Crippen molar-refractivity contribution in [3.63, 3.8) is 0 Å². The molecule has 0 radical (unpaired) electrons. The van der Waals surface area contributed by atoms with Gasteiger partial charge < -0.3 is 5.11 Å². The molecule has 1 N–H and O–H groups in total. The lowest BCUT2D eigenvalue weighted by Crippen LogP contribution is -1.93. The molecule has 2 atom stereocenters. The SMILES string of the molecule is CC(C)=C[C@@H]1C(CO)C1(C)C. The van der Waals surface area contributed by atoms with E-state index in [9.17, 15) is 0 Å². The molecular formula is C10H18O. The quantitative estimate of drug-likeness (QED) is 0.605. The van der Waals surface area contributed by atoms with E-state index < -0.39 is 0 Å². The molecule has 0 aromatic carbocycles. The molecule has 1 heteroatoms. The van der Waals surface area contributed by atoms with E-state index in [0.717, 1.165) is 0 Å². The third-order valence-electron chi connectivity index (χ3n) is 2.85. The van der Waals surface area contributed by atoms with Crippen molar-refractivity contribution < 1.29 is 5.11 Å². The van der Waals surface area contributed by atoms with Gasteiger partial charge in [-0.05, 0) is 31.1 Å². The van der Waals surface area contributed by atoms with Gasteiger partial charge in [0, 0.05) is 6.61 Å². The summed E-state index contributed by atoms with van der Waals surface area (Å²) in [6.07, 6.45) is 2.28. The van der Waals surface area contributed by atoms with Crippen molar-refractivity contribution in [2.45, 2.75) is 27.7 Å². The summed E-state index contributed by atoms with van der Waals surface area (Å²) >= 11 is 0. The van der Waals surface area contributed by atoms with Gasteiger partial charge in [-0.3, -0.25) is 0 Å². The lowest BCUT2D eigenvalue weighted by molar-refractivity contribution is 0.256. The highest BCUT2D eigenvalue weighted by Crippen LogP contribution is 2.58. The van der Waals surface area contributed by atoms with Crippen molar-refractivity contribution in [1.29, 1.82) is 0 Å². The highest BCUT2D eigenvalue weighted by Gasteiger charge is 2.55. The molecule has 1 fully saturated rings. The molecule has 0 aromatic rings. The van der Waals surface area contributed by atoms with E-state index in [0.29, 0.717) is 23.9 Å². The van der Waals surface area contributed by atoms with Crippen LogP contribution in [-0.2, 0) is 0 Å². The number of rotatable bonds is 2. The highest BCUT2D eigenvalue weighted by molar-refractivity contribution is 5.16. The average molecular weight is 154 g/mol. The van der Waals surface area contributed by atoms with Gasteiger partial charge in [-0.2, -0.15) is 0 Å². The standard InChI is InChI=1S/C10H18O/c1-7(2)5-8-9(6-11)10(8,3)4/h5,8-9,11H,6H2,1-4H3/t8-,9?/m1/s1. The summed E-state index contributed by atoms with van der Waals surface area (Å²) in [5.74, 6) is 1.11. The van der Waals surface area contributed by atoms with Gasteiger partial charge in [0.2, 0.25) is 0 Å². The molecule has 0 saturated heterocycles. The van der Waals surface area contributed by atoms with E-state index in [4.69, 9.17) is 5.11 Å². The molecule has 0 amide bonds. The molecule has 0 aliphatic heterocycles. The molecule has 11 heavy (non-hydrogen) atoms. The zero-order valence-electron chi connectivity index (χ0n) is 7.89. The maximum Gasteiger partial charge on any atom is 0.0470 e. The summed E-state index contributed by atoms with van der Waals surface area (Å²) in [7, 11) is 0. The van der Waals surface area contributed by atoms with Crippen LogP contribution in [0.4, 0.5) is 0 Å². The summed E-state index contributed by atoms with van der Waals surface area (Å²) in [6.45, 7) is 9.00. The van der Waals surface area contributed by atoms with Gasteiger partial charge in [-0.25, -0.2) is 0 Å². The summed E-state index contributed by atoms with van der Waals surface area (Å²) in [5.41, 5.74) is 1.70. The van der Waals surface area contributed by atoms with Crippen molar-refractivity contribution in [3.05, 3.63) is 11.6 Å². The minimum atomic E-state index is 0.335. The first-order valence-corrected chi connectivity index (χ1v) is 4.26. The first-order chi connectivity index (χ1) is 5.00. The molecule has 64 valence electrons. The normalized spacial score (nSPS) is 33.2. The van der Waals surface area contributed by atoms with Crippen LogP contribution in [0.15, 0.2) is 11.6 Å². The molecular weight excluding hydrogens is 136 g/mol. The third kappa shape index (κ3) is 1.48. The number of allylic oxidation sites excluding steroid dienone is 2. The van der Waals surface area contributed by atoms with Crippen LogP contribution in [0.2, 0.25) is 0 Å². The Balaban J connectivity index is 2.59. The molecule has 0 bridgehead atoms. The maximum atomic E-state index is 9.00. The monoisotopic (exact) mass is 154 g/mol. The minimum Gasteiger partial charge on any atom is -0.396 e. The van der Waals surface area contributed by atoms with Gasteiger partial charge in [-0.15, -0.1) is 0 Å². The van der Waals surface area contributed by atoms with Crippen LogP contribution in [0, 0.1) is 17.3 Å². The Bertz CT molecular complexity index is 175. The fourth-order valence-corrected chi connectivity index (χ4v) is 1.83. The van der Waals surface area contributed by atoms with Crippen molar-refractivity contribution in [1.82, 2.24) is 0 Å². The Morgan fingerprint density at radius 1 is 1.45 bits per heavy atom. The van der Waals surface area contributed by atoms with E-state index in [1.165, 1.54) is 5.57 Å². The lowest BCUT2D eigenvalue weighted by Gasteiger charge is -1.97. The predicted octanol–water partition coefficient (Wildman–Crippen LogP) is 2.22. The molecule has 1 rings (SSSR count). The van der Waals surface area contributed by atoms with Gasteiger partial charge in [0.05, 0.1) is 0 Å². The Morgan fingerprint density at radius 2 is 2.00 bits per heavy atom. The Morgan fingerprint density at radius 3 is 2.27 bits per heavy atom. The van der Waals surface area contributed by atoms with Gasteiger partial charge in [0.1, 0.15) is 0 Å². The van der Waals surface area contributed by atoms with Crippen LogP contribution in [0.1, 0.15) is 27.7 Å². The summed E-state index contributed by atoms with van der Waals surface area (Å²) in [4.78, 5) is 0. The fourth-order valence-electron chi connectivity index (χ4n) is 1.83. The first-order valence-electron chi connectivity index (χ1n) is 4.26. The van der Waals surface area contributed by atoms with Crippen molar-refractivity contribution in [2.75, 3.05) is 6.61 Å². The van der Waals surface area contributed by atoms with Crippen LogP contribution in [0.5, 0.6) is 0 Å². The van der Waals surface area contributed by atoms with E-state index in [1.807, 2.05) is 0 Å². The number of hydrogen-bond donors (Lipinski definition) is 1. The van der Waals surface area contributed by atoms with Crippen molar-refractivity contribution in [2.24, 2.45) is 17.3 Å². The van der Waals surface area contributed by atoms with E-state index in [1.54, 1.807) is 0 Å². The molecule has 1 aliphatic carbocycles. The largest absolute Gasteiger partial charge is 0.396 e. The molecule has 0 spiro atoms. The second kappa shape index (κ2) is 2.63. The lowest BCUT2D eigenvalue weighted by atomic mass is 10.1. The second-order valence-corrected chi connectivity index (χ2v) is 4.38. The zero-order valence-corrected chi connectivity index (χ0v) is 7.89. The first kappa shape index (κ1) is 8.79. The van der Waals surface area contributed by atoms with Crippen LogP contribution >= 0.6 is 0 Å². The number of aliphatic hydroxyl groups excluding tert-OH is 1. The van der Waals surface area contributed by atoms with Gasteiger partial charge in [0.15, 0.2) is 0 Å². The number of aliphatic hydroxyl groups is 1. The van der Waals surface area contributed by atoms with E-state index in [-0.39, 0.29) is 0 Å². The van der Waals surface area contributed by atoms with Crippen LogP contribution in [-0.4, -0.2) is 11.7 Å². The van der Waals surface area contributed by atoms with Gasteiger partial charge in [0.25, 0.3) is 0 Å². The minimum absolute atomic E-state index is 0.335. The molecule has 1 nitrogen and oxygen atoms in total. The molecule has 0 heterocycles. The fraction of sp³-hybridized carbons (Fsp3) is 0.800. The van der Waals surface area contributed by atoms with Crippen molar-refractivity contribution >= 4 is 0 Å². The zero-order chi connectivity index (χ0) is 8.65. The van der Waals surface area contributed by atoms with E-state index in [2.05, 4.69) is 33.8 Å². The summed E-state index contributed by atoms with van der Waals surface area (Å²) in [6, 6.07) is 0. The Labute approximate surface area is 69.1 Å². The van der Waals surface area contributed by atoms with E-state index >= 15 is 0 Å². The maximum absolute atomic E-state index is 9.00. The Kier molecular flexibility index (Phi) is 2.10. The summed E-state index contributed by atoms with van der Waals surface area (Å²) in [5, 5.41) is 9.00. The second-order valence-electron chi connectivity index (χ2n) is 4.38. The van der Waals surface area contributed by atoms with Gasteiger partial charge in [-0.1, -0.05) is 25.5 Å². The average Bonchev–Trinajstić information content (AvgIpc) is 2.33. The highest BCUT2D eigenvalue weighted by atomic mass is 16.3. The predicted molar refractivity (Wildman–Crippen MR) is 47.3 cm³/mol. The molecule has 1 aliphatic rings. The molecule has 1 unspecified atom stereocenters. The van der Waals surface area contributed by atoms with Crippen LogP contribution in [0.3, 0.4) is 0 Å². The number of hydrogen-bond acceptors (Lipinski definition) is 1. The molecule has 1 saturated carbocycles. The smallest absolute Gasteiger partial charge is 0.0470 e. The Hall–Kier alpha value is -0.300. The van der Waals surface area contributed by atoms with Crippen LogP contribution < -0.4 is 0 Å². The molecule has 0 aromatic heterocycles.